The monoisotopic (exact) mass is 157 g/mol. The first kappa shape index (κ1) is 8.20. The van der Waals surface area contributed by atoms with E-state index in [4.69, 9.17) is 5.11 Å². The third-order valence-corrected chi connectivity index (χ3v) is 1.99. The maximum absolute atomic E-state index is 11.0. The molecule has 2 unspecified atom stereocenters. The number of nitrogens with one attached hydrogen (secondary N) is 1. The molecule has 4 nitrogen and oxygen atoms in total. The lowest BCUT2D eigenvalue weighted by Gasteiger charge is -2.25. The number of rotatable bonds is 1. The van der Waals surface area contributed by atoms with Crippen molar-refractivity contribution in [2.45, 2.75) is 13.3 Å². The van der Waals surface area contributed by atoms with Crippen LogP contribution in [0.5, 0.6) is 0 Å². The first-order valence-electron chi connectivity index (χ1n) is 3.59. The van der Waals surface area contributed by atoms with E-state index in [0.717, 1.165) is 0 Å². The van der Waals surface area contributed by atoms with Crippen LogP contribution in [0, 0.1) is 11.8 Å². The maximum atomic E-state index is 11.0. The molecule has 2 N–H and O–H groups in total. The molecule has 1 saturated heterocycles. The number of piperidine rings is 1. The van der Waals surface area contributed by atoms with Gasteiger partial charge in [0.05, 0.1) is 12.5 Å². The molecule has 1 aliphatic heterocycles. The van der Waals surface area contributed by atoms with Crippen LogP contribution in [0.1, 0.15) is 13.3 Å². The van der Waals surface area contributed by atoms with E-state index in [1.165, 1.54) is 0 Å². The van der Waals surface area contributed by atoms with Crippen LogP contribution in [0.25, 0.3) is 0 Å². The fourth-order valence-corrected chi connectivity index (χ4v) is 1.24. The molecule has 2 atom stereocenters. The van der Waals surface area contributed by atoms with Crippen molar-refractivity contribution < 1.29 is 14.7 Å². The van der Waals surface area contributed by atoms with Crippen molar-refractivity contribution in [2.75, 3.05) is 6.61 Å². The lowest BCUT2D eigenvalue weighted by atomic mass is 9.88. The minimum absolute atomic E-state index is 0.0405. The molecular weight excluding hydrogens is 146 g/mol. The Morgan fingerprint density at radius 2 is 2.27 bits per heavy atom. The lowest BCUT2D eigenvalue weighted by Crippen LogP contribution is -2.46. The van der Waals surface area contributed by atoms with Gasteiger partial charge in [0.25, 0.3) is 0 Å². The summed E-state index contributed by atoms with van der Waals surface area (Å²) in [5, 5.41) is 10.9. The molecule has 11 heavy (non-hydrogen) atoms. The Kier molecular flexibility index (Phi) is 2.24. The van der Waals surface area contributed by atoms with Crippen LogP contribution in [0.2, 0.25) is 0 Å². The van der Waals surface area contributed by atoms with Crippen LogP contribution in [0.15, 0.2) is 0 Å². The highest BCUT2D eigenvalue weighted by Crippen LogP contribution is 2.18. The van der Waals surface area contributed by atoms with Crippen LogP contribution in [0.4, 0.5) is 0 Å². The summed E-state index contributed by atoms with van der Waals surface area (Å²) in [7, 11) is 0. The first-order chi connectivity index (χ1) is 5.15. The van der Waals surface area contributed by atoms with Gasteiger partial charge in [0, 0.05) is 6.42 Å². The normalized spacial score (nSPS) is 31.8. The topological polar surface area (TPSA) is 66.4 Å². The summed E-state index contributed by atoms with van der Waals surface area (Å²) >= 11 is 0. The van der Waals surface area contributed by atoms with Crippen molar-refractivity contribution in [1.29, 1.82) is 0 Å². The lowest BCUT2D eigenvalue weighted by molar-refractivity contribution is -0.139. The highest BCUT2D eigenvalue weighted by atomic mass is 16.3. The fourth-order valence-electron chi connectivity index (χ4n) is 1.24. The zero-order valence-corrected chi connectivity index (χ0v) is 6.33. The van der Waals surface area contributed by atoms with Crippen molar-refractivity contribution in [1.82, 2.24) is 5.32 Å². The molecule has 0 aromatic carbocycles. The van der Waals surface area contributed by atoms with E-state index in [2.05, 4.69) is 5.32 Å². The molecule has 0 bridgehead atoms. The smallest absolute Gasteiger partial charge is 0.232 e. The molecule has 0 aliphatic carbocycles. The number of imide groups is 1. The quantitative estimate of drug-likeness (QED) is 0.493. The molecule has 1 heterocycles. The minimum atomic E-state index is -0.410. The molecule has 0 spiro atoms. The van der Waals surface area contributed by atoms with Crippen LogP contribution in [-0.2, 0) is 9.59 Å². The molecular formula is C7H11NO3. The third kappa shape index (κ3) is 1.57. The molecule has 1 aliphatic rings. The van der Waals surface area contributed by atoms with Gasteiger partial charge < -0.3 is 5.11 Å². The molecule has 0 aromatic heterocycles. The van der Waals surface area contributed by atoms with E-state index in [0.29, 0.717) is 6.42 Å². The van der Waals surface area contributed by atoms with Gasteiger partial charge in [0.15, 0.2) is 0 Å². The minimum Gasteiger partial charge on any atom is -0.396 e. The average molecular weight is 157 g/mol. The van der Waals surface area contributed by atoms with Crippen molar-refractivity contribution in [3.05, 3.63) is 0 Å². The molecule has 1 rings (SSSR count). The second-order valence-electron chi connectivity index (χ2n) is 2.88. The van der Waals surface area contributed by atoms with Crippen LogP contribution in [-0.4, -0.2) is 23.5 Å². The fraction of sp³-hybridized carbons (Fsp3) is 0.714. The van der Waals surface area contributed by atoms with Gasteiger partial charge in [-0.05, 0) is 5.92 Å². The van der Waals surface area contributed by atoms with Crippen molar-refractivity contribution in [3.63, 3.8) is 0 Å². The number of aliphatic hydroxyl groups is 1. The number of carbonyl (C=O) groups is 2. The zero-order chi connectivity index (χ0) is 8.43. The van der Waals surface area contributed by atoms with Crippen molar-refractivity contribution in [2.24, 2.45) is 11.8 Å². The van der Waals surface area contributed by atoms with Gasteiger partial charge in [0.1, 0.15) is 0 Å². The molecule has 2 amide bonds. The Labute approximate surface area is 64.6 Å². The van der Waals surface area contributed by atoms with Crippen LogP contribution < -0.4 is 5.32 Å². The third-order valence-electron chi connectivity index (χ3n) is 1.99. The predicted molar refractivity (Wildman–Crippen MR) is 37.5 cm³/mol. The second-order valence-corrected chi connectivity index (χ2v) is 2.88. The highest BCUT2D eigenvalue weighted by Gasteiger charge is 2.31. The molecule has 0 radical (unpaired) electrons. The van der Waals surface area contributed by atoms with Gasteiger partial charge in [-0.3, -0.25) is 14.9 Å². The Balaban J connectivity index is 2.66. The summed E-state index contributed by atoms with van der Waals surface area (Å²) in [5.74, 6) is -1.04. The van der Waals surface area contributed by atoms with Gasteiger partial charge in [0.2, 0.25) is 11.8 Å². The average Bonchev–Trinajstić information content (AvgIpc) is 1.85. The van der Waals surface area contributed by atoms with E-state index in [-0.39, 0.29) is 24.3 Å². The van der Waals surface area contributed by atoms with E-state index >= 15 is 0 Å². The van der Waals surface area contributed by atoms with Gasteiger partial charge >= 0.3 is 0 Å². The van der Waals surface area contributed by atoms with Crippen molar-refractivity contribution >= 4 is 11.8 Å². The summed E-state index contributed by atoms with van der Waals surface area (Å²) in [6.07, 6.45) is 0.330. The van der Waals surface area contributed by atoms with E-state index in [1.54, 1.807) is 6.92 Å². The second kappa shape index (κ2) is 3.00. The maximum Gasteiger partial charge on any atom is 0.232 e. The zero-order valence-electron chi connectivity index (χ0n) is 6.33. The Bertz CT molecular complexity index is 190. The van der Waals surface area contributed by atoms with E-state index in [9.17, 15) is 9.59 Å². The summed E-state index contributed by atoms with van der Waals surface area (Å²) in [5.41, 5.74) is 0. The van der Waals surface area contributed by atoms with Gasteiger partial charge in [-0.1, -0.05) is 6.92 Å². The molecule has 0 aromatic rings. The SMILES string of the molecule is CC1CC(=O)NC(=O)C1CO. The largest absolute Gasteiger partial charge is 0.396 e. The summed E-state index contributed by atoms with van der Waals surface area (Å²) in [6, 6.07) is 0. The number of carbonyl (C=O) groups excluding carboxylic acids is 2. The van der Waals surface area contributed by atoms with Gasteiger partial charge in [-0.2, -0.15) is 0 Å². The van der Waals surface area contributed by atoms with E-state index < -0.39 is 5.92 Å². The van der Waals surface area contributed by atoms with Gasteiger partial charge in [-0.25, -0.2) is 0 Å². The predicted octanol–water partition coefficient (Wildman–Crippen LogP) is -0.723. The Hall–Kier alpha value is -0.900. The number of hydrogen-bond acceptors (Lipinski definition) is 3. The van der Waals surface area contributed by atoms with E-state index in [1.807, 2.05) is 0 Å². The first-order valence-corrected chi connectivity index (χ1v) is 3.59. The Morgan fingerprint density at radius 3 is 2.73 bits per heavy atom. The molecule has 62 valence electrons. The number of hydrogen-bond donors (Lipinski definition) is 2. The van der Waals surface area contributed by atoms with Crippen LogP contribution >= 0.6 is 0 Å². The number of aliphatic hydroxyl groups excluding tert-OH is 1. The summed E-state index contributed by atoms with van der Waals surface area (Å²) < 4.78 is 0. The number of amides is 2. The van der Waals surface area contributed by atoms with Gasteiger partial charge in [-0.15, -0.1) is 0 Å². The van der Waals surface area contributed by atoms with Crippen LogP contribution in [0.3, 0.4) is 0 Å². The van der Waals surface area contributed by atoms with Crippen molar-refractivity contribution in [3.8, 4) is 0 Å². The molecule has 4 heteroatoms. The summed E-state index contributed by atoms with van der Waals surface area (Å²) in [4.78, 5) is 21.7. The molecule has 1 fully saturated rings. The Morgan fingerprint density at radius 1 is 1.64 bits per heavy atom. The standard InChI is InChI=1S/C7H11NO3/c1-4-2-6(10)8-7(11)5(4)3-9/h4-5,9H,2-3H2,1H3,(H,8,10,11). The summed E-state index contributed by atoms with van der Waals surface area (Å²) in [6.45, 7) is 1.61. The molecule has 0 saturated carbocycles. The highest BCUT2D eigenvalue weighted by molar-refractivity contribution is 5.99.